The summed E-state index contributed by atoms with van der Waals surface area (Å²) < 4.78 is 18.0. The molecule has 0 aromatic heterocycles. The topological polar surface area (TPSA) is 48.0 Å². The molecule has 0 radical (unpaired) electrons. The van der Waals surface area contributed by atoms with Gasteiger partial charge in [-0.3, -0.25) is 0 Å². The number of ether oxygens (including phenoxy) is 3. The van der Waals surface area contributed by atoms with Gasteiger partial charge in [-0.15, -0.1) is 0 Å². The molecule has 0 bridgehead atoms. The average Bonchev–Trinajstić information content (AvgIpc) is 3.12. The molecule has 1 fully saturated rings. The Morgan fingerprint density at radius 1 is 0.935 bits per heavy atom. The minimum absolute atomic E-state index is 0.332. The van der Waals surface area contributed by atoms with Crippen molar-refractivity contribution in [3.63, 3.8) is 0 Å². The van der Waals surface area contributed by atoms with Crippen molar-refractivity contribution in [3.8, 4) is 28.4 Å². The predicted octanol–water partition coefficient (Wildman–Crippen LogP) is 5.05. The van der Waals surface area contributed by atoms with E-state index in [1.165, 1.54) is 32.4 Å². The number of carbonyl (C=O) groups is 1. The van der Waals surface area contributed by atoms with Crippen molar-refractivity contribution in [3.05, 3.63) is 41.5 Å². The molecular formula is C26H33NO4. The number of aldehydes is 1. The van der Waals surface area contributed by atoms with Crippen molar-refractivity contribution in [1.29, 1.82) is 0 Å². The van der Waals surface area contributed by atoms with E-state index in [0.717, 1.165) is 58.8 Å². The summed E-state index contributed by atoms with van der Waals surface area (Å²) >= 11 is 0. The fourth-order valence-electron chi connectivity index (χ4n) is 4.81. The van der Waals surface area contributed by atoms with E-state index in [-0.39, 0.29) is 5.92 Å². The summed E-state index contributed by atoms with van der Waals surface area (Å²) in [5, 5.41) is 0. The summed E-state index contributed by atoms with van der Waals surface area (Å²) in [5.74, 6) is 1.97. The first-order valence-corrected chi connectivity index (χ1v) is 11.6. The lowest BCUT2D eigenvalue weighted by Gasteiger charge is -2.26. The van der Waals surface area contributed by atoms with Gasteiger partial charge in [-0.05, 0) is 69.5 Å². The Bertz CT molecular complexity index is 905. The predicted molar refractivity (Wildman–Crippen MR) is 123 cm³/mol. The van der Waals surface area contributed by atoms with Crippen LogP contribution in [0.25, 0.3) is 11.1 Å². The van der Waals surface area contributed by atoms with Crippen molar-refractivity contribution in [2.75, 3.05) is 39.5 Å². The van der Waals surface area contributed by atoms with Crippen molar-refractivity contribution in [2.45, 2.75) is 45.4 Å². The number of carbonyl (C=O) groups excluding carboxylic acids is 1. The Balaban J connectivity index is 1.60. The number of nitrogens with zero attached hydrogens (tertiary/aromatic N) is 1. The van der Waals surface area contributed by atoms with Crippen LogP contribution in [0.1, 0.15) is 56.6 Å². The molecule has 0 N–H and O–H groups in total. The van der Waals surface area contributed by atoms with E-state index < -0.39 is 0 Å². The van der Waals surface area contributed by atoms with Crippen LogP contribution in [0, 0.1) is 0 Å². The fourth-order valence-corrected chi connectivity index (χ4v) is 4.81. The van der Waals surface area contributed by atoms with Crippen LogP contribution >= 0.6 is 0 Å². The highest BCUT2D eigenvalue weighted by atomic mass is 16.5. The fraction of sp³-hybridized carbons (Fsp3) is 0.500. The molecule has 1 saturated heterocycles. The summed E-state index contributed by atoms with van der Waals surface area (Å²) in [5.41, 5.74) is 3.86. The van der Waals surface area contributed by atoms with Gasteiger partial charge in [-0.1, -0.05) is 18.6 Å². The number of rotatable bonds is 10. The first kappa shape index (κ1) is 21.7. The molecule has 1 heterocycles. The maximum atomic E-state index is 12.1. The molecule has 2 aromatic carbocycles. The molecule has 166 valence electrons. The summed E-state index contributed by atoms with van der Waals surface area (Å²) in [6.45, 7) is 9.17. The highest BCUT2D eigenvalue weighted by Gasteiger charge is 2.34. The molecule has 0 spiro atoms. The summed E-state index contributed by atoms with van der Waals surface area (Å²) in [6.07, 6.45) is 5.97. The van der Waals surface area contributed by atoms with E-state index >= 15 is 0 Å². The maximum Gasteiger partial charge on any atom is 0.131 e. The van der Waals surface area contributed by atoms with Crippen LogP contribution in [-0.2, 0) is 4.79 Å². The molecule has 5 nitrogen and oxygen atoms in total. The Kier molecular flexibility index (Phi) is 7.13. The van der Waals surface area contributed by atoms with Crippen LogP contribution in [0.3, 0.4) is 0 Å². The second kappa shape index (κ2) is 10.2. The van der Waals surface area contributed by atoms with E-state index in [9.17, 15) is 4.79 Å². The van der Waals surface area contributed by atoms with Gasteiger partial charge in [0.15, 0.2) is 0 Å². The second-order valence-electron chi connectivity index (χ2n) is 8.19. The van der Waals surface area contributed by atoms with Crippen LogP contribution in [0.2, 0.25) is 0 Å². The quantitative estimate of drug-likeness (QED) is 0.395. The molecule has 1 aliphatic heterocycles. The van der Waals surface area contributed by atoms with E-state index in [1.807, 2.05) is 44.2 Å². The van der Waals surface area contributed by atoms with Crippen molar-refractivity contribution >= 4 is 6.29 Å². The molecule has 0 amide bonds. The van der Waals surface area contributed by atoms with E-state index in [1.54, 1.807) is 0 Å². The van der Waals surface area contributed by atoms with Gasteiger partial charge in [-0.2, -0.15) is 0 Å². The molecule has 31 heavy (non-hydrogen) atoms. The normalized spacial score (nSPS) is 17.7. The van der Waals surface area contributed by atoms with Gasteiger partial charge < -0.3 is 23.9 Å². The maximum absolute atomic E-state index is 12.1. The van der Waals surface area contributed by atoms with Crippen LogP contribution < -0.4 is 14.2 Å². The molecule has 0 saturated carbocycles. The number of likely N-dealkylation sites (tertiary alicyclic amines) is 1. The van der Waals surface area contributed by atoms with Gasteiger partial charge in [0.05, 0.1) is 25.7 Å². The lowest BCUT2D eigenvalue weighted by Crippen LogP contribution is -2.31. The van der Waals surface area contributed by atoms with E-state index in [4.69, 9.17) is 14.2 Å². The van der Waals surface area contributed by atoms with Gasteiger partial charge in [0.2, 0.25) is 0 Å². The molecule has 4 rings (SSSR count). The van der Waals surface area contributed by atoms with Gasteiger partial charge in [0.1, 0.15) is 23.5 Å². The zero-order chi connectivity index (χ0) is 21.6. The van der Waals surface area contributed by atoms with Gasteiger partial charge >= 0.3 is 0 Å². The Hall–Kier alpha value is -2.53. The number of piperidine rings is 1. The highest BCUT2D eigenvalue weighted by molar-refractivity contribution is 5.94. The zero-order valence-corrected chi connectivity index (χ0v) is 18.7. The Morgan fingerprint density at radius 2 is 1.71 bits per heavy atom. The summed E-state index contributed by atoms with van der Waals surface area (Å²) in [7, 11) is 0. The third-order valence-electron chi connectivity index (χ3n) is 6.16. The lowest BCUT2D eigenvalue weighted by atomic mass is 9.98. The standard InChI is InChI=1S/C26H33NO4/c1-3-29-19-16-21-22(18-28)20-10-8-11-23(25(20)26(21)24(17-19)30-4-2)31-15-9-14-27-12-6-5-7-13-27/h8,10-11,16-18,22H,3-7,9,12-15H2,1-2H3. The molecule has 2 aromatic rings. The molecule has 2 aliphatic rings. The SMILES string of the molecule is CCOc1cc(OCC)c2c(c1)C(C=O)c1cccc(OCCCN3CCCCC3)c1-2. The van der Waals surface area contributed by atoms with E-state index in [0.29, 0.717) is 19.8 Å². The smallest absolute Gasteiger partial charge is 0.131 e. The van der Waals surface area contributed by atoms with E-state index in [2.05, 4.69) is 4.90 Å². The van der Waals surface area contributed by atoms with Crippen molar-refractivity contribution in [1.82, 2.24) is 4.90 Å². The molecular weight excluding hydrogens is 390 g/mol. The number of fused-ring (bicyclic) bond motifs is 3. The Labute approximate surface area is 185 Å². The molecule has 1 unspecified atom stereocenters. The summed E-state index contributed by atoms with van der Waals surface area (Å²) in [6, 6.07) is 9.90. The first-order valence-electron chi connectivity index (χ1n) is 11.6. The van der Waals surface area contributed by atoms with Gasteiger partial charge in [-0.25, -0.2) is 0 Å². The number of benzene rings is 2. The highest BCUT2D eigenvalue weighted by Crippen LogP contribution is 2.53. The van der Waals surface area contributed by atoms with Crippen molar-refractivity contribution in [2.24, 2.45) is 0 Å². The largest absolute Gasteiger partial charge is 0.494 e. The van der Waals surface area contributed by atoms with Gasteiger partial charge in [0.25, 0.3) is 0 Å². The molecule has 1 aliphatic carbocycles. The van der Waals surface area contributed by atoms with Crippen LogP contribution in [0.15, 0.2) is 30.3 Å². The third-order valence-corrected chi connectivity index (χ3v) is 6.16. The molecule has 5 heteroatoms. The first-order chi connectivity index (χ1) is 15.3. The monoisotopic (exact) mass is 423 g/mol. The Morgan fingerprint density at radius 3 is 2.45 bits per heavy atom. The zero-order valence-electron chi connectivity index (χ0n) is 18.7. The second-order valence-corrected chi connectivity index (χ2v) is 8.19. The average molecular weight is 424 g/mol. The van der Waals surface area contributed by atoms with Gasteiger partial charge in [0, 0.05) is 23.7 Å². The minimum atomic E-state index is -0.332. The lowest BCUT2D eigenvalue weighted by molar-refractivity contribution is -0.108. The number of hydrogen-bond donors (Lipinski definition) is 0. The van der Waals surface area contributed by atoms with Crippen LogP contribution in [0.4, 0.5) is 0 Å². The minimum Gasteiger partial charge on any atom is -0.494 e. The summed E-state index contributed by atoms with van der Waals surface area (Å²) in [4.78, 5) is 14.6. The third kappa shape index (κ3) is 4.57. The van der Waals surface area contributed by atoms with Crippen molar-refractivity contribution < 1.29 is 19.0 Å². The molecule has 1 atom stereocenters. The number of hydrogen-bond acceptors (Lipinski definition) is 5. The van der Waals surface area contributed by atoms with Crippen LogP contribution in [0.5, 0.6) is 17.2 Å². The van der Waals surface area contributed by atoms with Crippen LogP contribution in [-0.4, -0.2) is 50.6 Å².